The van der Waals surface area contributed by atoms with Gasteiger partial charge < -0.3 is 30.1 Å². The van der Waals surface area contributed by atoms with Crippen molar-refractivity contribution in [1.29, 1.82) is 0 Å². The zero-order valence-electron chi connectivity index (χ0n) is 25.1. The minimum atomic E-state index is -0.417. The maximum absolute atomic E-state index is 11.9. The number of fused-ring (bicyclic) bond motifs is 1. The topological polar surface area (TPSA) is 129 Å². The van der Waals surface area contributed by atoms with Crippen molar-refractivity contribution < 1.29 is 9.66 Å². The molecular weight excluding hydrogens is 560 g/mol. The third-order valence-electron chi connectivity index (χ3n) is 6.27. The minimum Gasteiger partial charge on any atom is -0.494 e. The predicted octanol–water partition coefficient (Wildman–Crippen LogP) is 3.87. The summed E-state index contributed by atoms with van der Waals surface area (Å²) in [4.78, 5) is 26.3. The monoisotopic (exact) mass is 598 g/mol. The minimum absolute atomic E-state index is 0.0635. The molecule has 3 heterocycles. The van der Waals surface area contributed by atoms with Crippen molar-refractivity contribution in [2.24, 2.45) is 0 Å². The molecule has 0 spiro atoms. The fourth-order valence-electron chi connectivity index (χ4n) is 3.94. The number of ether oxygens (including phenoxy) is 1. The number of likely N-dealkylation sites (N-methyl/N-ethyl adjacent to an activating group) is 4. The molecule has 13 nitrogen and oxygen atoms in total. The van der Waals surface area contributed by atoms with Crippen LogP contribution in [-0.4, -0.2) is 110 Å². The molecule has 4 aromatic rings. The second kappa shape index (κ2) is 15.3. The number of hydrogen-bond acceptors (Lipinski definition) is 11. The molecule has 3 aromatic heterocycles. The van der Waals surface area contributed by atoms with E-state index in [4.69, 9.17) is 16.3 Å². The first kappa shape index (κ1) is 32.5. The number of halogens is 1. The van der Waals surface area contributed by atoms with E-state index in [1.54, 1.807) is 16.8 Å². The summed E-state index contributed by atoms with van der Waals surface area (Å²) in [7, 11) is 13.3. The second-order valence-electron chi connectivity index (χ2n) is 10.0. The Morgan fingerprint density at radius 1 is 1.07 bits per heavy atom. The Labute approximate surface area is 251 Å². The smallest absolute Gasteiger partial charge is 0.294 e. The quantitative estimate of drug-likeness (QED) is 0.182. The van der Waals surface area contributed by atoms with Crippen LogP contribution in [0, 0.1) is 10.1 Å². The summed E-state index contributed by atoms with van der Waals surface area (Å²) >= 11 is 6.41. The number of hydrogen-bond donors (Lipinski definition) is 2. The van der Waals surface area contributed by atoms with Crippen LogP contribution in [0.15, 0.2) is 48.9 Å². The third kappa shape index (κ3) is 8.49. The van der Waals surface area contributed by atoms with Gasteiger partial charge in [0.1, 0.15) is 11.4 Å². The molecule has 42 heavy (non-hydrogen) atoms. The molecule has 0 amide bonds. The lowest BCUT2D eigenvalue weighted by atomic mass is 10.2. The van der Waals surface area contributed by atoms with Crippen molar-refractivity contribution in [3.63, 3.8) is 0 Å². The third-order valence-corrected chi connectivity index (χ3v) is 6.55. The Hall–Kier alpha value is -4.04. The summed E-state index contributed by atoms with van der Waals surface area (Å²) in [5.41, 5.74) is 2.79. The number of anilines is 3. The Morgan fingerprint density at radius 3 is 2.43 bits per heavy atom. The standard InChI is InChI=1S/C23H25ClN8O3.C5H14N2/c1-29(2)9-10-30(3)19-12-21(35-4)17(11-20(19)32(33)34)27-23-25-14-16(24)22(28-23)15-13-26-31-8-6-5-7-18(15)31;1-6-4-5-7(2)3/h5-8,11-14H,9-10H2,1-4H3,(H,25,27,28);6H,4-5H2,1-3H3. The molecular formula is C28H39ClN10O3. The second-order valence-corrected chi connectivity index (χ2v) is 10.4. The highest BCUT2D eigenvalue weighted by molar-refractivity contribution is 6.33. The highest BCUT2D eigenvalue weighted by Crippen LogP contribution is 2.39. The first-order valence-electron chi connectivity index (χ1n) is 13.3. The SMILES string of the molecule is CNCCN(C)C.COc1cc(N(C)CCN(C)C)c([N+](=O)[O-])cc1Nc1ncc(Cl)c(-c2cnn3ccccc23)n1. The first-order valence-corrected chi connectivity index (χ1v) is 13.7. The van der Waals surface area contributed by atoms with Crippen LogP contribution in [0.25, 0.3) is 16.8 Å². The van der Waals surface area contributed by atoms with Crippen LogP contribution >= 0.6 is 11.6 Å². The zero-order chi connectivity index (χ0) is 30.8. The van der Waals surface area contributed by atoms with Crippen molar-refractivity contribution in [2.75, 3.05) is 85.8 Å². The van der Waals surface area contributed by atoms with Crippen molar-refractivity contribution in [2.45, 2.75) is 0 Å². The molecule has 0 saturated heterocycles. The summed E-state index contributed by atoms with van der Waals surface area (Å²) in [6.07, 6.45) is 4.98. The first-order chi connectivity index (χ1) is 20.0. The maximum atomic E-state index is 11.9. The Kier molecular flexibility index (Phi) is 11.8. The van der Waals surface area contributed by atoms with Crippen LogP contribution < -0.4 is 20.3 Å². The van der Waals surface area contributed by atoms with Crippen molar-refractivity contribution in [3.8, 4) is 17.0 Å². The lowest BCUT2D eigenvalue weighted by Crippen LogP contribution is -2.28. The van der Waals surface area contributed by atoms with E-state index in [2.05, 4.69) is 44.7 Å². The number of nitro benzene ring substituents is 1. The van der Waals surface area contributed by atoms with Crippen LogP contribution in [0.1, 0.15) is 0 Å². The summed E-state index contributed by atoms with van der Waals surface area (Å²) in [5.74, 6) is 0.624. The molecule has 1 aromatic carbocycles. The number of nitrogens with one attached hydrogen (secondary N) is 2. The van der Waals surface area contributed by atoms with E-state index in [9.17, 15) is 10.1 Å². The molecule has 0 bridgehead atoms. The van der Waals surface area contributed by atoms with Gasteiger partial charge >= 0.3 is 0 Å². The fraction of sp³-hybridized carbons (Fsp3) is 0.393. The Bertz CT molecular complexity index is 1480. The van der Waals surface area contributed by atoms with Crippen molar-refractivity contribution in [3.05, 3.63) is 64.1 Å². The molecule has 0 aliphatic carbocycles. The van der Waals surface area contributed by atoms with Crippen LogP contribution in [0.3, 0.4) is 0 Å². The fourth-order valence-corrected chi connectivity index (χ4v) is 4.13. The van der Waals surface area contributed by atoms with Gasteiger partial charge in [0, 0.05) is 57.1 Å². The van der Waals surface area contributed by atoms with E-state index in [-0.39, 0.29) is 11.6 Å². The summed E-state index contributed by atoms with van der Waals surface area (Å²) in [6, 6.07) is 8.74. The average molecular weight is 599 g/mol. The molecule has 4 rings (SSSR count). The predicted molar refractivity (Wildman–Crippen MR) is 168 cm³/mol. The highest BCUT2D eigenvalue weighted by atomic mass is 35.5. The van der Waals surface area contributed by atoms with E-state index >= 15 is 0 Å². The highest BCUT2D eigenvalue weighted by Gasteiger charge is 2.23. The number of rotatable bonds is 12. The normalized spacial score (nSPS) is 11.0. The lowest BCUT2D eigenvalue weighted by Gasteiger charge is -2.22. The molecule has 0 unspecified atom stereocenters. The molecule has 0 aliphatic heterocycles. The van der Waals surface area contributed by atoms with Gasteiger partial charge in [0.15, 0.2) is 0 Å². The number of nitro groups is 1. The van der Waals surface area contributed by atoms with E-state index < -0.39 is 4.92 Å². The van der Waals surface area contributed by atoms with Gasteiger partial charge in [-0.15, -0.1) is 0 Å². The van der Waals surface area contributed by atoms with Crippen molar-refractivity contribution >= 4 is 40.1 Å². The summed E-state index contributed by atoms with van der Waals surface area (Å²) in [5, 5.41) is 22.7. The van der Waals surface area contributed by atoms with Crippen molar-refractivity contribution in [1.82, 2.24) is 34.7 Å². The maximum Gasteiger partial charge on any atom is 0.294 e. The molecule has 0 radical (unpaired) electrons. The van der Waals surface area contributed by atoms with Gasteiger partial charge in [-0.25, -0.2) is 14.5 Å². The van der Waals surface area contributed by atoms with Crippen LogP contribution in [0.4, 0.5) is 23.0 Å². The molecule has 0 fully saturated rings. The number of benzene rings is 1. The molecule has 0 atom stereocenters. The van der Waals surface area contributed by atoms with Gasteiger partial charge in [-0.3, -0.25) is 10.1 Å². The van der Waals surface area contributed by atoms with E-state index in [0.717, 1.165) is 30.7 Å². The van der Waals surface area contributed by atoms with Gasteiger partial charge in [-0.05, 0) is 47.4 Å². The molecule has 226 valence electrons. The van der Waals surface area contributed by atoms with E-state index in [1.807, 2.05) is 62.4 Å². The molecule has 2 N–H and O–H groups in total. The summed E-state index contributed by atoms with van der Waals surface area (Å²) in [6.45, 7) is 3.54. The number of pyridine rings is 1. The van der Waals surface area contributed by atoms with Crippen LogP contribution in [0.5, 0.6) is 5.75 Å². The number of aromatic nitrogens is 4. The average Bonchev–Trinajstić information content (AvgIpc) is 3.39. The lowest BCUT2D eigenvalue weighted by molar-refractivity contribution is -0.384. The van der Waals surface area contributed by atoms with E-state index in [1.165, 1.54) is 19.4 Å². The summed E-state index contributed by atoms with van der Waals surface area (Å²) < 4.78 is 7.26. The number of methoxy groups -OCH3 is 1. The molecule has 0 aliphatic rings. The Balaban J connectivity index is 0.000000616. The number of nitrogens with zero attached hydrogens (tertiary/aromatic N) is 8. The van der Waals surface area contributed by atoms with Gasteiger partial charge in [-0.1, -0.05) is 17.7 Å². The largest absolute Gasteiger partial charge is 0.494 e. The van der Waals surface area contributed by atoms with Crippen LogP contribution in [0.2, 0.25) is 5.02 Å². The molecule has 14 heteroatoms. The molecule has 0 saturated carbocycles. The van der Waals surface area contributed by atoms with Gasteiger partial charge in [0.25, 0.3) is 5.69 Å². The van der Waals surface area contributed by atoms with Gasteiger partial charge in [0.05, 0.1) is 46.3 Å². The Morgan fingerprint density at radius 2 is 1.81 bits per heavy atom. The van der Waals surface area contributed by atoms with Crippen LogP contribution in [-0.2, 0) is 0 Å². The van der Waals surface area contributed by atoms with Gasteiger partial charge in [0.2, 0.25) is 5.95 Å². The van der Waals surface area contributed by atoms with E-state index in [0.29, 0.717) is 34.4 Å². The van der Waals surface area contributed by atoms with Gasteiger partial charge in [-0.2, -0.15) is 5.10 Å². The zero-order valence-corrected chi connectivity index (χ0v) is 25.9.